The molecule has 1 aliphatic rings. The molecule has 0 saturated carbocycles. The Labute approximate surface area is 142 Å². The highest BCUT2D eigenvalue weighted by atomic mass is 32.2. The quantitative estimate of drug-likeness (QED) is 0.743. The maximum atomic E-state index is 12.6. The second-order valence-electron chi connectivity index (χ2n) is 6.08. The van der Waals surface area contributed by atoms with Gasteiger partial charge in [-0.05, 0) is 51.3 Å². The Hall–Kier alpha value is -0.960. The molecular weight excluding hydrogens is 334 g/mol. The molecule has 1 aliphatic heterocycles. The highest BCUT2D eigenvalue weighted by molar-refractivity contribution is 7.91. The fraction of sp³-hybridized carbons (Fsp3) is 0.667. The van der Waals surface area contributed by atoms with Crippen LogP contribution in [0, 0.1) is 5.92 Å². The number of thiophene rings is 1. The summed E-state index contributed by atoms with van der Waals surface area (Å²) < 4.78 is 26.9. The minimum absolute atomic E-state index is 0.0326. The molecule has 1 aromatic rings. The number of rotatable bonds is 7. The molecule has 1 fully saturated rings. The van der Waals surface area contributed by atoms with Crippen LogP contribution in [0.15, 0.2) is 21.7 Å². The zero-order valence-corrected chi connectivity index (χ0v) is 15.3. The molecule has 0 spiro atoms. The number of amides is 1. The molecule has 0 unspecified atom stereocenters. The van der Waals surface area contributed by atoms with Crippen molar-refractivity contribution in [3.05, 3.63) is 17.5 Å². The second-order valence-corrected chi connectivity index (χ2v) is 9.19. The number of sulfonamides is 1. The molecule has 23 heavy (non-hydrogen) atoms. The first-order valence-corrected chi connectivity index (χ1v) is 10.2. The predicted molar refractivity (Wildman–Crippen MR) is 92.0 cm³/mol. The molecule has 2 rings (SSSR count). The van der Waals surface area contributed by atoms with Gasteiger partial charge in [-0.2, -0.15) is 4.31 Å². The lowest BCUT2D eigenvalue weighted by Gasteiger charge is -2.30. The molecule has 2 heterocycles. The van der Waals surface area contributed by atoms with Crippen LogP contribution in [0.5, 0.6) is 0 Å². The van der Waals surface area contributed by atoms with Crippen LogP contribution in [0.2, 0.25) is 0 Å². The molecule has 1 atom stereocenters. The topological polar surface area (TPSA) is 69.7 Å². The van der Waals surface area contributed by atoms with E-state index in [1.807, 2.05) is 14.1 Å². The van der Waals surface area contributed by atoms with Crippen molar-refractivity contribution in [1.82, 2.24) is 14.5 Å². The summed E-state index contributed by atoms with van der Waals surface area (Å²) in [6.07, 6.45) is 2.36. The van der Waals surface area contributed by atoms with Crippen molar-refractivity contribution in [3.8, 4) is 0 Å². The van der Waals surface area contributed by atoms with Crippen LogP contribution in [0.25, 0.3) is 0 Å². The van der Waals surface area contributed by atoms with E-state index >= 15 is 0 Å². The lowest BCUT2D eigenvalue weighted by Crippen LogP contribution is -2.45. The Balaban J connectivity index is 1.89. The maximum Gasteiger partial charge on any atom is 0.252 e. The number of piperidine rings is 1. The van der Waals surface area contributed by atoms with Gasteiger partial charge in [-0.15, -0.1) is 11.3 Å². The Bertz CT molecular complexity index is 599. The van der Waals surface area contributed by atoms with Crippen molar-refractivity contribution in [2.75, 3.05) is 40.3 Å². The summed E-state index contributed by atoms with van der Waals surface area (Å²) >= 11 is 1.22. The zero-order chi connectivity index (χ0) is 16.9. The molecule has 130 valence electrons. The lowest BCUT2D eigenvalue weighted by atomic mass is 9.99. The molecular formula is C15H25N3O3S2. The highest BCUT2D eigenvalue weighted by Gasteiger charge is 2.33. The standard InChI is InChI=1S/C15H25N3O3S2/c1-17(2)9-5-8-16-15(19)13-6-3-10-18(12-13)23(20,21)14-7-4-11-22-14/h4,7,11,13H,3,5-6,8-10,12H2,1-2H3,(H,16,19)/t13-/m1/s1. The van der Waals surface area contributed by atoms with Crippen molar-refractivity contribution in [1.29, 1.82) is 0 Å². The third-order valence-electron chi connectivity index (χ3n) is 3.93. The van der Waals surface area contributed by atoms with E-state index in [0.29, 0.717) is 17.3 Å². The van der Waals surface area contributed by atoms with E-state index < -0.39 is 10.0 Å². The molecule has 6 nitrogen and oxygen atoms in total. The Morgan fingerprint density at radius 1 is 1.48 bits per heavy atom. The molecule has 0 aromatic carbocycles. The summed E-state index contributed by atoms with van der Waals surface area (Å²) in [6, 6.07) is 3.35. The number of nitrogens with one attached hydrogen (secondary N) is 1. The van der Waals surface area contributed by atoms with Crippen LogP contribution in [-0.2, 0) is 14.8 Å². The van der Waals surface area contributed by atoms with Crippen LogP contribution < -0.4 is 5.32 Å². The average Bonchev–Trinajstić information content (AvgIpc) is 3.06. The Morgan fingerprint density at radius 2 is 2.26 bits per heavy atom. The monoisotopic (exact) mass is 359 g/mol. The van der Waals surface area contributed by atoms with Gasteiger partial charge >= 0.3 is 0 Å². The summed E-state index contributed by atoms with van der Waals surface area (Å²) in [7, 11) is 0.536. The lowest BCUT2D eigenvalue weighted by molar-refractivity contribution is -0.126. The fourth-order valence-corrected chi connectivity index (χ4v) is 5.33. The minimum atomic E-state index is -3.46. The zero-order valence-electron chi connectivity index (χ0n) is 13.7. The first-order valence-electron chi connectivity index (χ1n) is 7.87. The van der Waals surface area contributed by atoms with Gasteiger partial charge in [0.15, 0.2) is 0 Å². The molecule has 1 amide bonds. The molecule has 0 aliphatic carbocycles. The van der Waals surface area contributed by atoms with Crippen molar-refractivity contribution in [3.63, 3.8) is 0 Å². The van der Waals surface area contributed by atoms with Crippen LogP contribution in [0.3, 0.4) is 0 Å². The summed E-state index contributed by atoms with van der Waals surface area (Å²) in [5, 5.41) is 4.69. The summed E-state index contributed by atoms with van der Waals surface area (Å²) in [6.45, 7) is 2.32. The van der Waals surface area contributed by atoms with E-state index in [0.717, 1.165) is 25.8 Å². The first-order chi connectivity index (χ1) is 10.9. The second kappa shape index (κ2) is 8.23. The molecule has 1 N–H and O–H groups in total. The van der Waals surface area contributed by atoms with Gasteiger partial charge in [-0.3, -0.25) is 4.79 Å². The normalized spacial score (nSPS) is 19.9. The van der Waals surface area contributed by atoms with Crippen molar-refractivity contribution in [2.24, 2.45) is 5.92 Å². The van der Waals surface area contributed by atoms with E-state index in [-0.39, 0.29) is 18.4 Å². The third-order valence-corrected chi connectivity index (χ3v) is 7.16. The van der Waals surface area contributed by atoms with Crippen molar-refractivity contribution >= 4 is 27.3 Å². The van der Waals surface area contributed by atoms with E-state index in [1.165, 1.54) is 15.6 Å². The first kappa shape index (κ1) is 18.4. The van der Waals surface area contributed by atoms with Crippen molar-refractivity contribution < 1.29 is 13.2 Å². The largest absolute Gasteiger partial charge is 0.356 e. The number of hydrogen-bond acceptors (Lipinski definition) is 5. The van der Waals surface area contributed by atoms with Gasteiger partial charge in [0.1, 0.15) is 4.21 Å². The smallest absolute Gasteiger partial charge is 0.252 e. The average molecular weight is 360 g/mol. The number of nitrogens with zero attached hydrogens (tertiary/aromatic N) is 2. The van der Waals surface area contributed by atoms with Crippen molar-refractivity contribution in [2.45, 2.75) is 23.5 Å². The molecule has 1 saturated heterocycles. The number of hydrogen-bond donors (Lipinski definition) is 1. The third kappa shape index (κ3) is 5.00. The van der Waals surface area contributed by atoms with Gasteiger partial charge in [0.2, 0.25) is 5.91 Å². The van der Waals surface area contributed by atoms with Crippen LogP contribution in [0.1, 0.15) is 19.3 Å². The van der Waals surface area contributed by atoms with Gasteiger partial charge in [0.25, 0.3) is 10.0 Å². The Kier molecular flexibility index (Phi) is 6.58. The summed E-state index contributed by atoms with van der Waals surface area (Å²) in [5.74, 6) is -0.285. The minimum Gasteiger partial charge on any atom is -0.356 e. The van der Waals surface area contributed by atoms with Crippen LogP contribution in [-0.4, -0.2) is 63.8 Å². The van der Waals surface area contributed by atoms with Crippen LogP contribution >= 0.6 is 11.3 Å². The van der Waals surface area contributed by atoms with Crippen LogP contribution in [0.4, 0.5) is 0 Å². The van der Waals surface area contributed by atoms with Gasteiger partial charge < -0.3 is 10.2 Å². The number of carbonyl (C=O) groups is 1. The predicted octanol–water partition coefficient (Wildman–Crippen LogP) is 1.22. The summed E-state index contributed by atoms with van der Waals surface area (Å²) in [5.41, 5.74) is 0. The van der Waals surface area contributed by atoms with Gasteiger partial charge in [-0.25, -0.2) is 8.42 Å². The number of carbonyl (C=O) groups excluding carboxylic acids is 1. The molecule has 0 bridgehead atoms. The summed E-state index contributed by atoms with van der Waals surface area (Å²) in [4.78, 5) is 14.3. The van der Waals surface area contributed by atoms with E-state index in [4.69, 9.17) is 0 Å². The molecule has 0 radical (unpaired) electrons. The van der Waals surface area contributed by atoms with Gasteiger partial charge in [0, 0.05) is 19.6 Å². The molecule has 8 heteroatoms. The van der Waals surface area contributed by atoms with E-state index in [9.17, 15) is 13.2 Å². The Morgan fingerprint density at radius 3 is 2.91 bits per heavy atom. The SMILES string of the molecule is CN(C)CCCNC(=O)[C@@H]1CCCN(S(=O)(=O)c2cccs2)C1. The maximum absolute atomic E-state index is 12.6. The van der Waals surface area contributed by atoms with E-state index in [1.54, 1.807) is 17.5 Å². The van der Waals surface area contributed by atoms with E-state index in [2.05, 4.69) is 10.2 Å². The molecule has 1 aromatic heterocycles. The van der Waals surface area contributed by atoms with Gasteiger partial charge in [0.05, 0.1) is 5.92 Å². The highest BCUT2D eigenvalue weighted by Crippen LogP contribution is 2.26. The van der Waals surface area contributed by atoms with Gasteiger partial charge in [-0.1, -0.05) is 6.07 Å². The fourth-order valence-electron chi connectivity index (χ4n) is 2.66.